The Morgan fingerprint density at radius 3 is 2.41 bits per heavy atom. The highest BCUT2D eigenvalue weighted by Crippen LogP contribution is 2.46. The average molecular weight is 458 g/mol. The number of fused-ring (bicyclic) bond motifs is 1. The van der Waals surface area contributed by atoms with Gasteiger partial charge in [0.25, 0.3) is 5.91 Å². The lowest BCUT2D eigenvalue weighted by molar-refractivity contribution is -0.504. The Bertz CT molecular complexity index is 951. The van der Waals surface area contributed by atoms with Gasteiger partial charge in [0, 0.05) is 18.5 Å². The SMILES string of the molecule is CC1C(N(C)C2=C3C=CNC3NC(=O)N2)C(O)(O)N(C(=O)C(O)(O)C#N)C(O)(O)C1(O)O. The fraction of sp³-hybridized carbons (Fsp3) is 0.562. The summed E-state index contributed by atoms with van der Waals surface area (Å²) in [5.41, 5.74) is 0.343. The summed E-state index contributed by atoms with van der Waals surface area (Å²) in [6.07, 6.45) is 2.21. The van der Waals surface area contributed by atoms with Gasteiger partial charge >= 0.3 is 23.6 Å². The van der Waals surface area contributed by atoms with Gasteiger partial charge in [-0.15, -0.1) is 0 Å². The highest BCUT2D eigenvalue weighted by molar-refractivity contribution is 5.87. The highest BCUT2D eigenvalue weighted by Gasteiger charge is 2.74. The number of hydrogen-bond acceptors (Lipinski definition) is 13. The first-order valence-corrected chi connectivity index (χ1v) is 9.04. The standard InChI is InChI=1S/C16H22N6O10/c1-6-8(21(2)10-7-3-4-18-9(7)19-12(24)20-10)15(29,30)22(11(23)13(25,26)5-17)16(31,32)14(6,27)28/h3-4,6,8-9,18,25-32H,1-2H3,(H2,19,20,24). The molecule has 0 spiro atoms. The minimum atomic E-state index is -4.22. The third-order valence-electron chi connectivity index (χ3n) is 5.68. The Hall–Kier alpha value is -3.01. The van der Waals surface area contributed by atoms with E-state index in [1.807, 2.05) is 0 Å². The lowest BCUT2D eigenvalue weighted by Crippen LogP contribution is -2.86. The van der Waals surface area contributed by atoms with Crippen LogP contribution in [0.2, 0.25) is 0 Å². The molecule has 0 aliphatic carbocycles. The van der Waals surface area contributed by atoms with Crippen molar-refractivity contribution in [3.63, 3.8) is 0 Å². The molecule has 3 atom stereocenters. The van der Waals surface area contributed by atoms with Gasteiger partial charge in [-0.2, -0.15) is 5.26 Å². The van der Waals surface area contributed by atoms with Gasteiger partial charge in [-0.05, 0) is 12.3 Å². The summed E-state index contributed by atoms with van der Waals surface area (Å²) >= 11 is 0. The van der Waals surface area contributed by atoms with Crippen molar-refractivity contribution in [1.29, 1.82) is 5.26 Å². The lowest BCUT2D eigenvalue weighted by atomic mass is 9.80. The normalized spacial score (nSPS) is 30.0. The molecule has 0 aromatic rings. The van der Waals surface area contributed by atoms with Crippen molar-refractivity contribution in [2.75, 3.05) is 7.05 Å². The summed E-state index contributed by atoms with van der Waals surface area (Å²) in [5, 5.41) is 98.7. The minimum absolute atomic E-state index is 0.101. The molecule has 3 aliphatic rings. The van der Waals surface area contributed by atoms with Crippen LogP contribution in [-0.4, -0.2) is 105 Å². The van der Waals surface area contributed by atoms with Crippen molar-refractivity contribution in [2.24, 2.45) is 5.92 Å². The van der Waals surface area contributed by atoms with Crippen LogP contribution < -0.4 is 16.0 Å². The Morgan fingerprint density at radius 1 is 1.25 bits per heavy atom. The van der Waals surface area contributed by atoms with Gasteiger partial charge in [-0.1, -0.05) is 6.92 Å². The maximum absolute atomic E-state index is 12.5. The van der Waals surface area contributed by atoms with E-state index in [1.165, 1.54) is 12.3 Å². The van der Waals surface area contributed by atoms with E-state index < -0.39 is 58.4 Å². The van der Waals surface area contributed by atoms with Crippen LogP contribution in [0, 0.1) is 17.2 Å². The lowest BCUT2D eigenvalue weighted by Gasteiger charge is -2.60. The summed E-state index contributed by atoms with van der Waals surface area (Å²) in [6.45, 7) is 0.954. The summed E-state index contributed by atoms with van der Waals surface area (Å²) in [4.78, 5) is 24.5. The van der Waals surface area contributed by atoms with Gasteiger partial charge in [-0.25, -0.2) is 9.69 Å². The zero-order valence-corrected chi connectivity index (χ0v) is 16.6. The van der Waals surface area contributed by atoms with Gasteiger partial charge < -0.3 is 56.4 Å². The van der Waals surface area contributed by atoms with Crippen LogP contribution in [0.25, 0.3) is 0 Å². The summed E-state index contributed by atoms with van der Waals surface area (Å²) in [6, 6.07) is -2.09. The third-order valence-corrected chi connectivity index (χ3v) is 5.68. The molecule has 3 aliphatic heterocycles. The van der Waals surface area contributed by atoms with Crippen molar-refractivity contribution in [2.45, 2.75) is 42.5 Å². The number of rotatable bonds is 3. The molecule has 16 heteroatoms. The molecular weight excluding hydrogens is 436 g/mol. The molecule has 0 saturated carbocycles. The maximum Gasteiger partial charge on any atom is 0.336 e. The number of carbonyl (C=O) groups excluding carboxylic acids is 2. The largest absolute Gasteiger partial charge is 0.367 e. The molecule has 3 heterocycles. The zero-order valence-electron chi connectivity index (χ0n) is 16.6. The molecule has 3 amide bonds. The second kappa shape index (κ2) is 6.99. The first-order chi connectivity index (χ1) is 14.5. The van der Waals surface area contributed by atoms with E-state index in [0.29, 0.717) is 11.6 Å². The minimum Gasteiger partial charge on any atom is -0.367 e. The van der Waals surface area contributed by atoms with E-state index in [4.69, 9.17) is 5.26 Å². The maximum atomic E-state index is 12.5. The van der Waals surface area contributed by atoms with E-state index >= 15 is 0 Å². The number of likely N-dealkylation sites (N-methyl/N-ethyl adjacent to an activating group) is 1. The van der Waals surface area contributed by atoms with E-state index in [-0.39, 0.29) is 5.82 Å². The van der Waals surface area contributed by atoms with Crippen LogP contribution in [0.15, 0.2) is 23.7 Å². The molecule has 11 N–H and O–H groups in total. The molecule has 32 heavy (non-hydrogen) atoms. The van der Waals surface area contributed by atoms with Crippen molar-refractivity contribution in [1.82, 2.24) is 25.8 Å². The molecule has 0 bridgehead atoms. The summed E-state index contributed by atoms with van der Waals surface area (Å²) in [7, 11) is 1.15. The van der Waals surface area contributed by atoms with Crippen molar-refractivity contribution in [3.8, 4) is 6.07 Å². The Labute approximate surface area is 179 Å². The number of amides is 3. The topological polar surface area (TPSA) is 262 Å². The van der Waals surface area contributed by atoms with Crippen molar-refractivity contribution in [3.05, 3.63) is 23.7 Å². The Balaban J connectivity index is 2.17. The van der Waals surface area contributed by atoms with Gasteiger partial charge in [0.2, 0.25) is 5.79 Å². The van der Waals surface area contributed by atoms with Crippen LogP contribution in [0.4, 0.5) is 4.79 Å². The smallest absolute Gasteiger partial charge is 0.336 e. The van der Waals surface area contributed by atoms with E-state index in [1.54, 1.807) is 0 Å². The molecular formula is C16H22N6O10. The van der Waals surface area contributed by atoms with E-state index in [9.17, 15) is 50.4 Å². The van der Waals surface area contributed by atoms with Crippen LogP contribution in [-0.2, 0) is 4.79 Å². The molecule has 3 unspecified atom stereocenters. The van der Waals surface area contributed by atoms with Crippen LogP contribution >= 0.6 is 0 Å². The number of carbonyl (C=O) groups is 2. The fourth-order valence-corrected chi connectivity index (χ4v) is 4.01. The molecule has 0 aromatic carbocycles. The Morgan fingerprint density at radius 2 is 1.84 bits per heavy atom. The first-order valence-electron chi connectivity index (χ1n) is 9.04. The predicted octanol–water partition coefficient (Wildman–Crippen LogP) is -6.11. The number of aliphatic hydroxyl groups is 8. The van der Waals surface area contributed by atoms with E-state index in [2.05, 4.69) is 16.0 Å². The quantitative estimate of drug-likeness (QED) is 0.139. The highest BCUT2D eigenvalue weighted by atomic mass is 16.6. The molecule has 1 saturated heterocycles. The van der Waals surface area contributed by atoms with Crippen molar-refractivity contribution >= 4 is 11.9 Å². The Kier molecular flexibility index (Phi) is 5.17. The van der Waals surface area contributed by atoms with Gasteiger partial charge in [0.05, 0.1) is 0 Å². The van der Waals surface area contributed by atoms with Crippen LogP contribution in [0.5, 0.6) is 0 Å². The zero-order chi connectivity index (χ0) is 24.4. The van der Waals surface area contributed by atoms with Crippen LogP contribution in [0.3, 0.4) is 0 Å². The molecule has 176 valence electrons. The van der Waals surface area contributed by atoms with Gasteiger partial charge in [0.15, 0.2) is 0 Å². The average Bonchev–Trinajstić information content (AvgIpc) is 3.13. The number of urea groups is 1. The van der Waals surface area contributed by atoms with Crippen molar-refractivity contribution < 1.29 is 50.4 Å². The molecule has 16 nitrogen and oxygen atoms in total. The van der Waals surface area contributed by atoms with Crippen LogP contribution in [0.1, 0.15) is 6.92 Å². The number of piperidine rings is 1. The first kappa shape index (κ1) is 23.6. The second-order valence-electron chi connectivity index (χ2n) is 7.65. The number of nitriles is 1. The monoisotopic (exact) mass is 458 g/mol. The van der Waals surface area contributed by atoms with Gasteiger partial charge in [0.1, 0.15) is 24.1 Å². The number of nitrogens with zero attached hydrogens (tertiary/aromatic N) is 3. The number of hydrogen-bond donors (Lipinski definition) is 11. The summed E-state index contributed by atoms with van der Waals surface area (Å²) in [5.74, 6) is -20.1. The molecule has 1 fully saturated rings. The number of nitrogens with one attached hydrogen (secondary N) is 3. The molecule has 3 rings (SSSR count). The van der Waals surface area contributed by atoms with E-state index in [0.717, 1.165) is 18.9 Å². The number of likely N-dealkylation sites (tertiary alicyclic amines) is 1. The third kappa shape index (κ3) is 3.08. The fourth-order valence-electron chi connectivity index (χ4n) is 4.01. The summed E-state index contributed by atoms with van der Waals surface area (Å²) < 4.78 is 0. The molecule has 0 aromatic heterocycles. The predicted molar refractivity (Wildman–Crippen MR) is 96.6 cm³/mol. The molecule has 0 radical (unpaired) electrons. The second-order valence-corrected chi connectivity index (χ2v) is 7.65. The van der Waals surface area contributed by atoms with Gasteiger partial charge in [-0.3, -0.25) is 10.1 Å².